The summed E-state index contributed by atoms with van der Waals surface area (Å²) in [5.74, 6) is 0.812. The highest BCUT2D eigenvalue weighted by Crippen LogP contribution is 2.35. The van der Waals surface area contributed by atoms with Gasteiger partial charge in [0.25, 0.3) is 0 Å². The Hall–Kier alpha value is -0.870. The van der Waals surface area contributed by atoms with E-state index in [4.69, 9.17) is 4.74 Å². The molecule has 1 N–H and O–H groups in total. The van der Waals surface area contributed by atoms with Crippen molar-refractivity contribution in [2.24, 2.45) is 5.92 Å². The third-order valence-electron chi connectivity index (χ3n) is 4.01. The molecule has 18 heavy (non-hydrogen) atoms. The molecular weight excluding hydrogens is 226 g/mol. The van der Waals surface area contributed by atoms with Gasteiger partial charge in [-0.15, -0.1) is 0 Å². The number of rotatable bonds is 6. The average molecular weight is 249 g/mol. The summed E-state index contributed by atoms with van der Waals surface area (Å²) >= 11 is 0. The molecule has 1 unspecified atom stereocenters. The summed E-state index contributed by atoms with van der Waals surface area (Å²) in [4.78, 5) is 4.22. The largest absolute Gasteiger partial charge is 0.375 e. The second kappa shape index (κ2) is 5.85. The SMILES string of the molecule is c1ncn(C2CC2)c1COCCC1CCCNC1. The van der Waals surface area contributed by atoms with Crippen LogP contribution in [0.15, 0.2) is 12.5 Å². The summed E-state index contributed by atoms with van der Waals surface area (Å²) in [6.07, 6.45) is 10.4. The predicted molar refractivity (Wildman–Crippen MR) is 70.4 cm³/mol. The van der Waals surface area contributed by atoms with Crippen LogP contribution >= 0.6 is 0 Å². The number of ether oxygens (including phenoxy) is 1. The molecular formula is C14H23N3O. The van der Waals surface area contributed by atoms with E-state index in [0.717, 1.165) is 19.1 Å². The van der Waals surface area contributed by atoms with E-state index in [1.165, 1.54) is 50.9 Å². The Bertz CT molecular complexity index is 367. The summed E-state index contributed by atoms with van der Waals surface area (Å²) in [6.45, 7) is 3.96. The van der Waals surface area contributed by atoms with Gasteiger partial charge in [0.2, 0.25) is 0 Å². The maximum atomic E-state index is 5.81. The van der Waals surface area contributed by atoms with E-state index >= 15 is 0 Å². The van der Waals surface area contributed by atoms with Crippen molar-refractivity contribution in [1.82, 2.24) is 14.9 Å². The topological polar surface area (TPSA) is 39.1 Å². The Labute approximate surface area is 109 Å². The van der Waals surface area contributed by atoms with Crippen molar-refractivity contribution in [3.05, 3.63) is 18.2 Å². The van der Waals surface area contributed by atoms with Crippen molar-refractivity contribution in [2.45, 2.75) is 44.8 Å². The van der Waals surface area contributed by atoms with Crippen LogP contribution < -0.4 is 5.32 Å². The molecule has 1 aliphatic heterocycles. The minimum absolute atomic E-state index is 0.702. The number of nitrogens with one attached hydrogen (secondary N) is 1. The molecule has 0 aromatic carbocycles. The van der Waals surface area contributed by atoms with Crippen LogP contribution in [0.1, 0.15) is 43.8 Å². The lowest BCUT2D eigenvalue weighted by atomic mass is 9.97. The van der Waals surface area contributed by atoms with Gasteiger partial charge in [0.1, 0.15) is 0 Å². The maximum Gasteiger partial charge on any atom is 0.0951 e. The number of hydrogen-bond donors (Lipinski definition) is 1. The third kappa shape index (κ3) is 3.12. The van der Waals surface area contributed by atoms with Gasteiger partial charge >= 0.3 is 0 Å². The molecule has 1 saturated heterocycles. The fourth-order valence-corrected chi connectivity index (χ4v) is 2.72. The molecule has 1 atom stereocenters. The second-order valence-corrected chi connectivity index (χ2v) is 5.58. The van der Waals surface area contributed by atoms with Crippen molar-refractivity contribution in [3.63, 3.8) is 0 Å². The summed E-state index contributed by atoms with van der Waals surface area (Å²) < 4.78 is 8.09. The van der Waals surface area contributed by atoms with Gasteiger partial charge in [-0.05, 0) is 51.1 Å². The minimum atomic E-state index is 0.702. The molecule has 4 nitrogen and oxygen atoms in total. The number of piperidine rings is 1. The highest BCUT2D eigenvalue weighted by Gasteiger charge is 2.25. The van der Waals surface area contributed by atoms with Gasteiger partial charge in [0.15, 0.2) is 0 Å². The van der Waals surface area contributed by atoms with Gasteiger partial charge < -0.3 is 14.6 Å². The van der Waals surface area contributed by atoms with Crippen molar-refractivity contribution >= 4 is 0 Å². The summed E-state index contributed by atoms with van der Waals surface area (Å²) in [7, 11) is 0. The first-order chi connectivity index (χ1) is 8.93. The number of aromatic nitrogens is 2. The van der Waals surface area contributed by atoms with E-state index in [1.54, 1.807) is 0 Å². The van der Waals surface area contributed by atoms with Gasteiger partial charge in [0.05, 0.1) is 24.8 Å². The maximum absolute atomic E-state index is 5.81. The zero-order chi connectivity index (χ0) is 12.2. The van der Waals surface area contributed by atoms with Crippen LogP contribution in [-0.2, 0) is 11.3 Å². The molecule has 100 valence electrons. The Morgan fingerprint density at radius 2 is 2.33 bits per heavy atom. The van der Waals surface area contributed by atoms with Crippen LogP contribution in [0.3, 0.4) is 0 Å². The molecule has 1 aromatic rings. The molecule has 4 heteroatoms. The Balaban J connectivity index is 1.37. The van der Waals surface area contributed by atoms with E-state index in [2.05, 4.69) is 14.9 Å². The molecule has 0 bridgehead atoms. The van der Waals surface area contributed by atoms with Crippen LogP contribution in [0, 0.1) is 5.92 Å². The zero-order valence-electron chi connectivity index (χ0n) is 11.0. The van der Waals surface area contributed by atoms with Gasteiger partial charge in [-0.25, -0.2) is 4.98 Å². The highest BCUT2D eigenvalue weighted by molar-refractivity contribution is 5.02. The Morgan fingerprint density at radius 3 is 3.11 bits per heavy atom. The number of imidazole rings is 1. The van der Waals surface area contributed by atoms with Crippen molar-refractivity contribution < 1.29 is 4.74 Å². The average Bonchev–Trinajstić information content (AvgIpc) is 3.16. The van der Waals surface area contributed by atoms with Crippen LogP contribution in [-0.4, -0.2) is 29.2 Å². The molecule has 2 heterocycles. The van der Waals surface area contributed by atoms with Gasteiger partial charge in [0, 0.05) is 12.6 Å². The van der Waals surface area contributed by atoms with Crippen LogP contribution in [0.5, 0.6) is 0 Å². The van der Waals surface area contributed by atoms with E-state index < -0.39 is 0 Å². The Kier molecular flexibility index (Phi) is 3.96. The van der Waals surface area contributed by atoms with E-state index in [9.17, 15) is 0 Å². The fraction of sp³-hybridized carbons (Fsp3) is 0.786. The standard InChI is InChI=1S/C14H23N3O/c1-2-12(8-15-6-1)5-7-18-10-14-9-16-11-17(14)13-3-4-13/h9,11-13,15H,1-8,10H2. The van der Waals surface area contributed by atoms with Crippen LogP contribution in [0.2, 0.25) is 0 Å². The molecule has 0 amide bonds. The van der Waals surface area contributed by atoms with E-state index in [-0.39, 0.29) is 0 Å². The summed E-state index contributed by atoms with van der Waals surface area (Å²) in [5, 5.41) is 3.45. The smallest absolute Gasteiger partial charge is 0.0951 e. The monoisotopic (exact) mass is 249 g/mol. The quantitative estimate of drug-likeness (QED) is 0.785. The molecule has 0 spiro atoms. The highest BCUT2D eigenvalue weighted by atomic mass is 16.5. The van der Waals surface area contributed by atoms with Crippen molar-refractivity contribution in [2.75, 3.05) is 19.7 Å². The third-order valence-corrected chi connectivity index (χ3v) is 4.01. The lowest BCUT2D eigenvalue weighted by molar-refractivity contribution is 0.0990. The normalized spacial score (nSPS) is 24.3. The van der Waals surface area contributed by atoms with Crippen molar-refractivity contribution in [3.8, 4) is 0 Å². The molecule has 3 rings (SSSR count). The fourth-order valence-electron chi connectivity index (χ4n) is 2.72. The first kappa shape index (κ1) is 12.2. The number of nitrogens with zero attached hydrogens (tertiary/aromatic N) is 2. The summed E-state index contributed by atoms with van der Waals surface area (Å²) in [5.41, 5.74) is 1.24. The van der Waals surface area contributed by atoms with E-state index in [0.29, 0.717) is 6.04 Å². The van der Waals surface area contributed by atoms with E-state index in [1.807, 2.05) is 12.5 Å². The molecule has 1 aromatic heterocycles. The molecule has 1 saturated carbocycles. The van der Waals surface area contributed by atoms with Crippen LogP contribution in [0.25, 0.3) is 0 Å². The minimum Gasteiger partial charge on any atom is -0.375 e. The van der Waals surface area contributed by atoms with Gasteiger partial charge in [-0.3, -0.25) is 0 Å². The molecule has 2 aliphatic rings. The van der Waals surface area contributed by atoms with Crippen LogP contribution in [0.4, 0.5) is 0 Å². The zero-order valence-corrected chi connectivity index (χ0v) is 11.0. The van der Waals surface area contributed by atoms with Gasteiger partial charge in [-0.1, -0.05) is 0 Å². The molecule has 2 fully saturated rings. The predicted octanol–water partition coefficient (Wildman–Crippen LogP) is 2.12. The Morgan fingerprint density at radius 1 is 1.39 bits per heavy atom. The number of hydrogen-bond acceptors (Lipinski definition) is 3. The second-order valence-electron chi connectivity index (χ2n) is 5.58. The van der Waals surface area contributed by atoms with Gasteiger partial charge in [-0.2, -0.15) is 0 Å². The first-order valence-corrected chi connectivity index (χ1v) is 7.22. The lowest BCUT2D eigenvalue weighted by Gasteiger charge is -2.22. The first-order valence-electron chi connectivity index (χ1n) is 7.22. The molecule has 0 radical (unpaired) electrons. The lowest BCUT2D eigenvalue weighted by Crippen LogP contribution is -2.30. The molecule has 1 aliphatic carbocycles. The van der Waals surface area contributed by atoms with Crippen molar-refractivity contribution in [1.29, 1.82) is 0 Å². The summed E-state index contributed by atoms with van der Waals surface area (Å²) in [6, 6.07) is 0.702.